The van der Waals surface area contributed by atoms with Crippen molar-refractivity contribution < 1.29 is 18.4 Å². The summed E-state index contributed by atoms with van der Waals surface area (Å²) < 4.78 is 22.1. The Kier molecular flexibility index (Phi) is 4.75. The minimum absolute atomic E-state index is 0.0393. The molecule has 5 heteroatoms. The van der Waals surface area contributed by atoms with Crippen LogP contribution in [-0.4, -0.2) is 18.7 Å². The van der Waals surface area contributed by atoms with Crippen molar-refractivity contribution in [2.75, 3.05) is 6.66 Å². The summed E-state index contributed by atoms with van der Waals surface area (Å²) in [5.74, 6) is -0.651. The molecule has 0 bridgehead atoms. The van der Waals surface area contributed by atoms with Crippen molar-refractivity contribution in [2.24, 2.45) is 0 Å². The van der Waals surface area contributed by atoms with Crippen molar-refractivity contribution in [3.63, 3.8) is 0 Å². The van der Waals surface area contributed by atoms with Gasteiger partial charge in [0, 0.05) is 5.57 Å². The van der Waals surface area contributed by atoms with E-state index < -0.39 is 13.6 Å². The van der Waals surface area contributed by atoms with Gasteiger partial charge in [-0.25, -0.2) is 9.36 Å². The molecule has 0 spiro atoms. The van der Waals surface area contributed by atoms with Crippen molar-refractivity contribution in [1.82, 2.24) is 0 Å². The maximum atomic E-state index is 11.9. The van der Waals surface area contributed by atoms with Gasteiger partial charge >= 0.3 is 13.6 Å². The highest BCUT2D eigenvalue weighted by molar-refractivity contribution is 7.53. The summed E-state index contributed by atoms with van der Waals surface area (Å²) in [5.41, 5.74) is 0.231. The predicted molar refractivity (Wildman–Crippen MR) is 62.4 cm³/mol. The molecule has 0 saturated heterocycles. The minimum Gasteiger partial charge on any atom is -0.388 e. The fourth-order valence-corrected chi connectivity index (χ4v) is 2.94. The molecule has 1 atom stereocenters. The first-order valence-corrected chi connectivity index (χ1v) is 7.55. The van der Waals surface area contributed by atoms with Crippen LogP contribution in [0.3, 0.4) is 0 Å². The van der Waals surface area contributed by atoms with E-state index in [-0.39, 0.29) is 11.7 Å². The molecule has 0 amide bonds. The third-order valence-corrected chi connectivity index (χ3v) is 3.67. The van der Waals surface area contributed by atoms with E-state index in [0.29, 0.717) is 0 Å². The molecular weight excluding hydrogens is 227 g/mol. The van der Waals surface area contributed by atoms with Gasteiger partial charge in [-0.2, -0.15) is 0 Å². The van der Waals surface area contributed by atoms with E-state index in [1.165, 1.54) is 20.0 Å². The van der Waals surface area contributed by atoms with Crippen LogP contribution in [0.25, 0.3) is 0 Å². The van der Waals surface area contributed by atoms with Crippen LogP contribution in [-0.2, 0) is 18.4 Å². The van der Waals surface area contributed by atoms with Gasteiger partial charge in [0.25, 0.3) is 0 Å². The fraction of sp³-hybridized carbons (Fsp3) is 0.727. The quantitative estimate of drug-likeness (QED) is 0.564. The summed E-state index contributed by atoms with van der Waals surface area (Å²) >= 11 is 0. The van der Waals surface area contributed by atoms with E-state index in [0.717, 1.165) is 25.7 Å². The SMILES string of the molecule is C=C(C)C(=O)OP(C)(=O)OC1CCCCC1. The third-order valence-electron chi connectivity index (χ3n) is 2.49. The Morgan fingerprint density at radius 3 is 2.38 bits per heavy atom. The lowest BCUT2D eigenvalue weighted by Crippen LogP contribution is -2.16. The van der Waals surface area contributed by atoms with E-state index in [2.05, 4.69) is 6.58 Å². The molecule has 0 aliphatic heterocycles. The van der Waals surface area contributed by atoms with Crippen LogP contribution in [0.2, 0.25) is 0 Å². The molecule has 0 aromatic carbocycles. The highest BCUT2D eigenvalue weighted by Gasteiger charge is 2.27. The van der Waals surface area contributed by atoms with Gasteiger partial charge in [-0.3, -0.25) is 4.52 Å². The van der Waals surface area contributed by atoms with Gasteiger partial charge in [0.05, 0.1) is 12.8 Å². The van der Waals surface area contributed by atoms with E-state index >= 15 is 0 Å². The molecule has 16 heavy (non-hydrogen) atoms. The van der Waals surface area contributed by atoms with Crippen molar-refractivity contribution in [2.45, 2.75) is 45.1 Å². The van der Waals surface area contributed by atoms with Crippen molar-refractivity contribution in [1.29, 1.82) is 0 Å². The van der Waals surface area contributed by atoms with Crippen LogP contribution in [0, 0.1) is 0 Å². The molecule has 1 unspecified atom stereocenters. The second kappa shape index (κ2) is 5.65. The Hall–Kier alpha value is -0.600. The number of hydrogen-bond acceptors (Lipinski definition) is 4. The Morgan fingerprint density at radius 1 is 1.31 bits per heavy atom. The zero-order chi connectivity index (χ0) is 12.2. The monoisotopic (exact) mass is 246 g/mol. The molecule has 1 saturated carbocycles. The molecule has 1 fully saturated rings. The van der Waals surface area contributed by atoms with Gasteiger partial charge < -0.3 is 4.52 Å². The zero-order valence-corrected chi connectivity index (χ0v) is 10.8. The smallest absolute Gasteiger partial charge is 0.378 e. The van der Waals surface area contributed by atoms with E-state index in [4.69, 9.17) is 9.05 Å². The highest BCUT2D eigenvalue weighted by Crippen LogP contribution is 2.47. The lowest BCUT2D eigenvalue weighted by molar-refractivity contribution is -0.130. The normalized spacial score (nSPS) is 21.1. The number of carbonyl (C=O) groups excluding carboxylic acids is 1. The van der Waals surface area contributed by atoms with Gasteiger partial charge in [-0.15, -0.1) is 0 Å². The summed E-state index contributed by atoms with van der Waals surface area (Å²) in [4.78, 5) is 11.2. The summed E-state index contributed by atoms with van der Waals surface area (Å²) in [7, 11) is -3.28. The lowest BCUT2D eigenvalue weighted by Gasteiger charge is -2.24. The minimum atomic E-state index is -3.28. The standard InChI is InChI=1S/C11H19O4P/c1-9(2)11(12)15-16(3,13)14-10-7-5-4-6-8-10/h10H,1,4-8H2,2-3H3. The molecule has 0 heterocycles. The van der Waals surface area contributed by atoms with Crippen molar-refractivity contribution in [3.05, 3.63) is 12.2 Å². The molecule has 1 aliphatic rings. The van der Waals surface area contributed by atoms with Crippen molar-refractivity contribution in [3.8, 4) is 0 Å². The van der Waals surface area contributed by atoms with Crippen LogP contribution < -0.4 is 0 Å². The highest BCUT2D eigenvalue weighted by atomic mass is 31.2. The maximum absolute atomic E-state index is 11.9. The molecule has 1 aliphatic carbocycles. The van der Waals surface area contributed by atoms with Gasteiger partial charge in [-0.1, -0.05) is 25.8 Å². The predicted octanol–water partition coefficient (Wildman–Crippen LogP) is 3.28. The molecule has 0 aromatic heterocycles. The average Bonchev–Trinajstić information content (AvgIpc) is 2.17. The fourth-order valence-electron chi connectivity index (χ4n) is 1.69. The molecular formula is C11H19O4P. The van der Waals surface area contributed by atoms with Crippen molar-refractivity contribution >= 4 is 13.6 Å². The second-order valence-electron chi connectivity index (χ2n) is 4.30. The summed E-state index contributed by atoms with van der Waals surface area (Å²) in [6, 6.07) is 0. The Labute approximate surface area is 96.5 Å². The topological polar surface area (TPSA) is 52.6 Å². The first-order valence-electron chi connectivity index (χ1n) is 5.56. The molecule has 0 radical (unpaired) electrons. The second-order valence-corrected chi connectivity index (χ2v) is 6.23. The van der Waals surface area contributed by atoms with Gasteiger partial charge in [0.1, 0.15) is 0 Å². The van der Waals surface area contributed by atoms with Crippen LogP contribution >= 0.6 is 7.60 Å². The number of hydrogen-bond donors (Lipinski definition) is 0. The maximum Gasteiger partial charge on any atom is 0.378 e. The van der Waals surface area contributed by atoms with Crippen LogP contribution in [0.5, 0.6) is 0 Å². The summed E-state index contributed by atoms with van der Waals surface area (Å²) in [6.07, 6.45) is 5.10. The van der Waals surface area contributed by atoms with Gasteiger partial charge in [0.15, 0.2) is 0 Å². The average molecular weight is 246 g/mol. The number of rotatable bonds is 4. The molecule has 1 rings (SSSR count). The molecule has 92 valence electrons. The third kappa shape index (κ3) is 4.50. The molecule has 0 N–H and O–H groups in total. The molecule has 4 nitrogen and oxygen atoms in total. The van der Waals surface area contributed by atoms with Crippen LogP contribution in [0.4, 0.5) is 0 Å². The van der Waals surface area contributed by atoms with Gasteiger partial charge in [-0.05, 0) is 19.8 Å². The van der Waals surface area contributed by atoms with Crippen LogP contribution in [0.1, 0.15) is 39.0 Å². The lowest BCUT2D eigenvalue weighted by atomic mass is 9.98. The number of carbonyl (C=O) groups is 1. The first-order chi connectivity index (χ1) is 7.41. The molecule has 0 aromatic rings. The zero-order valence-electron chi connectivity index (χ0n) is 9.90. The van der Waals surface area contributed by atoms with Crippen LogP contribution in [0.15, 0.2) is 12.2 Å². The summed E-state index contributed by atoms with van der Waals surface area (Å²) in [6.45, 7) is 6.29. The van der Waals surface area contributed by atoms with E-state index in [1.54, 1.807) is 0 Å². The Morgan fingerprint density at radius 2 is 1.88 bits per heavy atom. The van der Waals surface area contributed by atoms with E-state index in [9.17, 15) is 9.36 Å². The van der Waals surface area contributed by atoms with Gasteiger partial charge in [0.2, 0.25) is 0 Å². The largest absolute Gasteiger partial charge is 0.388 e. The Balaban J connectivity index is 2.47. The first kappa shape index (κ1) is 13.5. The van der Waals surface area contributed by atoms with E-state index in [1.807, 2.05) is 0 Å². The Bertz CT molecular complexity index is 318. The summed E-state index contributed by atoms with van der Waals surface area (Å²) in [5, 5.41) is 0.